The molecule has 0 radical (unpaired) electrons. The van der Waals surface area contributed by atoms with Crippen molar-refractivity contribution in [3.8, 4) is 23.3 Å². The third-order valence-electron chi connectivity index (χ3n) is 10.8. The zero-order valence-corrected chi connectivity index (χ0v) is 29.6. The number of fused-ring (bicyclic) bond motifs is 2. The number of nitrogens with zero attached hydrogens (tertiary/aromatic N) is 9. The summed E-state index contributed by atoms with van der Waals surface area (Å²) in [7, 11) is 0. The monoisotopic (exact) mass is 725 g/mol. The number of anilines is 1. The molecule has 0 spiro atoms. The average Bonchev–Trinajstić information content (AvgIpc) is 3.82. The van der Waals surface area contributed by atoms with Gasteiger partial charge in [-0.15, -0.1) is 0 Å². The number of rotatable bonds is 9. The molecule has 0 bridgehead atoms. The fourth-order valence-corrected chi connectivity index (χ4v) is 8.46. The fraction of sp³-hybridized carbons (Fsp3) is 0.447. The number of hydrogen-bond donors (Lipinski definition) is 0. The van der Waals surface area contributed by atoms with Gasteiger partial charge in [-0.3, -0.25) is 14.7 Å². The topological polar surface area (TPSA) is 124 Å². The molecule has 1 amide bonds. The summed E-state index contributed by atoms with van der Waals surface area (Å²) < 4.78 is 37.7. The largest absolute Gasteiger partial charge is 0.461 e. The number of carbonyl (C=O) groups excluding carboxylic acids is 1. The number of nitriles is 1. The van der Waals surface area contributed by atoms with Crippen molar-refractivity contribution in [2.45, 2.75) is 69.1 Å². The molecule has 52 heavy (non-hydrogen) atoms. The van der Waals surface area contributed by atoms with E-state index >= 15 is 4.39 Å². The van der Waals surface area contributed by atoms with Gasteiger partial charge < -0.3 is 14.5 Å². The minimum atomic E-state index is -0.933. The SMILES string of the molecule is Cc1nccc(/C=C/C(=O)N2CCN(c3nc(OC[C@@]45CCCN4C[C@H](F)C5)nc4c(F)c(-c5cccc(Cl)c5C5CC5)ncc34)C[C@@H]2CC#N)n1. The summed E-state index contributed by atoms with van der Waals surface area (Å²) in [5, 5.41) is 10.7. The van der Waals surface area contributed by atoms with Crippen LogP contribution < -0.4 is 9.64 Å². The number of aryl methyl sites for hydroxylation is 1. The van der Waals surface area contributed by atoms with E-state index in [1.54, 1.807) is 42.4 Å². The molecule has 3 aromatic heterocycles. The molecule has 3 atom stereocenters. The maximum atomic E-state index is 16.9. The fourth-order valence-electron chi connectivity index (χ4n) is 8.13. The Labute approximate surface area is 305 Å². The van der Waals surface area contributed by atoms with Crippen LogP contribution in [0.25, 0.3) is 28.2 Å². The van der Waals surface area contributed by atoms with Crippen LogP contribution in [0.4, 0.5) is 14.6 Å². The second kappa shape index (κ2) is 14.0. The lowest BCUT2D eigenvalue weighted by Gasteiger charge is -2.41. The van der Waals surface area contributed by atoms with Crippen molar-refractivity contribution in [3.63, 3.8) is 0 Å². The molecule has 11 nitrogen and oxygen atoms in total. The van der Waals surface area contributed by atoms with Crippen LogP contribution in [0.5, 0.6) is 6.01 Å². The van der Waals surface area contributed by atoms with Gasteiger partial charge in [-0.25, -0.2) is 18.7 Å². The van der Waals surface area contributed by atoms with Gasteiger partial charge in [-0.1, -0.05) is 23.7 Å². The first-order valence-corrected chi connectivity index (χ1v) is 18.2. The zero-order chi connectivity index (χ0) is 36.0. The number of carbonyl (C=O) groups is 1. The van der Waals surface area contributed by atoms with Crippen LogP contribution >= 0.6 is 11.6 Å². The van der Waals surface area contributed by atoms with Crippen molar-refractivity contribution in [1.82, 2.24) is 34.7 Å². The Bertz CT molecular complexity index is 2110. The van der Waals surface area contributed by atoms with Crippen LogP contribution in [0.1, 0.15) is 61.5 Å². The number of benzene rings is 1. The summed E-state index contributed by atoms with van der Waals surface area (Å²) >= 11 is 6.63. The van der Waals surface area contributed by atoms with E-state index in [-0.39, 0.29) is 55.2 Å². The van der Waals surface area contributed by atoms with E-state index in [4.69, 9.17) is 21.3 Å². The number of piperazine rings is 1. The highest BCUT2D eigenvalue weighted by atomic mass is 35.5. The third-order valence-corrected chi connectivity index (χ3v) is 11.1. The van der Waals surface area contributed by atoms with Crippen LogP contribution in [-0.2, 0) is 4.79 Å². The summed E-state index contributed by atoms with van der Waals surface area (Å²) in [5.41, 5.74) is 1.85. The molecule has 1 aromatic carbocycles. The molecular formula is C38H38ClF2N9O2. The Morgan fingerprint density at radius 3 is 2.83 bits per heavy atom. The first kappa shape index (κ1) is 34.3. The number of aromatic nitrogens is 5. The zero-order valence-electron chi connectivity index (χ0n) is 28.8. The molecule has 3 aliphatic heterocycles. The first-order chi connectivity index (χ1) is 25.2. The van der Waals surface area contributed by atoms with Gasteiger partial charge in [0, 0.05) is 61.7 Å². The predicted molar refractivity (Wildman–Crippen MR) is 192 cm³/mol. The summed E-state index contributed by atoms with van der Waals surface area (Å²) in [6.45, 7) is 4.03. The quantitative estimate of drug-likeness (QED) is 0.188. The van der Waals surface area contributed by atoms with Gasteiger partial charge in [0.1, 0.15) is 35.6 Å². The molecule has 4 aromatic rings. The minimum Gasteiger partial charge on any atom is -0.461 e. The van der Waals surface area contributed by atoms with Crippen molar-refractivity contribution in [3.05, 3.63) is 70.7 Å². The Hall–Kier alpha value is -4.80. The molecule has 0 unspecified atom stereocenters. The Balaban J connectivity index is 1.15. The van der Waals surface area contributed by atoms with Gasteiger partial charge in [-0.2, -0.15) is 15.2 Å². The Morgan fingerprint density at radius 1 is 1.15 bits per heavy atom. The average molecular weight is 726 g/mol. The van der Waals surface area contributed by atoms with E-state index in [1.165, 1.54) is 6.08 Å². The number of pyridine rings is 1. The van der Waals surface area contributed by atoms with E-state index in [1.807, 2.05) is 17.0 Å². The van der Waals surface area contributed by atoms with Crippen molar-refractivity contribution >= 4 is 40.3 Å². The predicted octanol–water partition coefficient (Wildman–Crippen LogP) is 6.06. The van der Waals surface area contributed by atoms with E-state index in [2.05, 4.69) is 30.9 Å². The minimum absolute atomic E-state index is 0.0194. The van der Waals surface area contributed by atoms with E-state index in [0.29, 0.717) is 52.8 Å². The first-order valence-electron chi connectivity index (χ1n) is 17.8. The van der Waals surface area contributed by atoms with E-state index in [0.717, 1.165) is 37.8 Å². The van der Waals surface area contributed by atoms with Gasteiger partial charge in [0.05, 0.1) is 35.2 Å². The maximum absolute atomic E-state index is 16.9. The standard InChI is InChI=1S/C38H38ClF2N9O2/c1-23-43-14-11-26(45-23)8-9-31(51)50-17-16-48(21-27(50)10-13-42)36-29-19-44-34(28-4-2-5-30(39)32(28)24-6-7-24)33(41)35(29)46-37(47-36)52-22-38-12-3-15-49(38)20-25(40)18-38/h2,4-5,8-9,11,14,19,24-25,27H,3,6-7,10,12,15-18,20-22H2,1H3/b9-8+/t25-,27+,38+/m1/s1. The molecule has 268 valence electrons. The van der Waals surface area contributed by atoms with Gasteiger partial charge in [0.25, 0.3) is 0 Å². The molecular weight excluding hydrogens is 688 g/mol. The molecule has 0 N–H and O–H groups in total. The van der Waals surface area contributed by atoms with Crippen molar-refractivity contribution in [1.29, 1.82) is 5.26 Å². The third kappa shape index (κ3) is 6.54. The van der Waals surface area contributed by atoms with Gasteiger partial charge in [-0.05, 0) is 68.8 Å². The molecule has 1 saturated carbocycles. The van der Waals surface area contributed by atoms with Crippen LogP contribution in [0.15, 0.2) is 42.7 Å². The Morgan fingerprint density at radius 2 is 2.02 bits per heavy atom. The molecule has 4 aliphatic rings. The van der Waals surface area contributed by atoms with Crippen molar-refractivity contribution < 1.29 is 18.3 Å². The van der Waals surface area contributed by atoms with Crippen LogP contribution in [0.3, 0.4) is 0 Å². The second-order valence-corrected chi connectivity index (χ2v) is 14.6. The lowest BCUT2D eigenvalue weighted by molar-refractivity contribution is -0.128. The lowest BCUT2D eigenvalue weighted by atomic mass is 9.95. The Kier molecular flexibility index (Phi) is 9.21. The molecule has 14 heteroatoms. The number of amides is 1. The van der Waals surface area contributed by atoms with Gasteiger partial charge in [0.15, 0.2) is 5.82 Å². The highest BCUT2D eigenvalue weighted by molar-refractivity contribution is 6.32. The van der Waals surface area contributed by atoms with Crippen molar-refractivity contribution in [2.75, 3.05) is 44.2 Å². The normalized spacial score (nSPS) is 23.4. The van der Waals surface area contributed by atoms with Crippen LogP contribution in [-0.4, -0.2) is 97.7 Å². The summed E-state index contributed by atoms with van der Waals surface area (Å²) in [4.78, 5) is 41.7. The van der Waals surface area contributed by atoms with Crippen molar-refractivity contribution in [2.24, 2.45) is 0 Å². The molecule has 1 aliphatic carbocycles. The molecule has 3 saturated heterocycles. The van der Waals surface area contributed by atoms with Crippen LogP contribution in [0, 0.1) is 24.1 Å². The number of ether oxygens (including phenoxy) is 1. The smallest absolute Gasteiger partial charge is 0.319 e. The van der Waals surface area contributed by atoms with E-state index < -0.39 is 23.6 Å². The molecule has 6 heterocycles. The van der Waals surface area contributed by atoms with Crippen LogP contribution in [0.2, 0.25) is 5.02 Å². The number of halogens is 3. The lowest BCUT2D eigenvalue weighted by Crippen LogP contribution is -2.55. The van der Waals surface area contributed by atoms with Gasteiger partial charge >= 0.3 is 6.01 Å². The number of alkyl halides is 1. The summed E-state index contributed by atoms with van der Waals surface area (Å²) in [5.74, 6) is 0.365. The maximum Gasteiger partial charge on any atom is 0.319 e. The highest BCUT2D eigenvalue weighted by Gasteiger charge is 2.49. The summed E-state index contributed by atoms with van der Waals surface area (Å²) in [6, 6.07) is 8.87. The summed E-state index contributed by atoms with van der Waals surface area (Å²) in [6.07, 6.45) is 9.51. The van der Waals surface area contributed by atoms with E-state index in [9.17, 15) is 14.4 Å². The molecule has 4 fully saturated rings. The van der Waals surface area contributed by atoms with Gasteiger partial charge in [0.2, 0.25) is 5.91 Å². The second-order valence-electron chi connectivity index (χ2n) is 14.2. The molecule has 8 rings (SSSR count). The highest BCUT2D eigenvalue weighted by Crippen LogP contribution is 2.48. The number of hydrogen-bond acceptors (Lipinski definition) is 10.